The van der Waals surface area contributed by atoms with E-state index >= 15 is 0 Å². The monoisotopic (exact) mass is 378 g/mol. The minimum atomic E-state index is 0.631. The van der Waals surface area contributed by atoms with Crippen LogP contribution in [0.1, 0.15) is 6.92 Å². The van der Waals surface area contributed by atoms with E-state index < -0.39 is 0 Å². The van der Waals surface area contributed by atoms with Gasteiger partial charge in [-0.05, 0) is 25.1 Å². The van der Waals surface area contributed by atoms with Gasteiger partial charge in [-0.25, -0.2) is 0 Å². The number of thioether (sulfide) groups is 1. The summed E-state index contributed by atoms with van der Waals surface area (Å²) in [7, 11) is 2.02. The van der Waals surface area contributed by atoms with Gasteiger partial charge in [-0.1, -0.05) is 48.2 Å². The highest BCUT2D eigenvalue weighted by molar-refractivity contribution is 7.99. The van der Waals surface area contributed by atoms with E-state index in [1.54, 1.807) is 11.8 Å². The Morgan fingerprint density at radius 2 is 1.78 bits per heavy atom. The molecule has 0 fully saturated rings. The number of ether oxygens (including phenoxy) is 1. The van der Waals surface area contributed by atoms with E-state index in [0.717, 1.165) is 34.6 Å². The number of aryl methyl sites for hydroxylation is 1. The van der Waals surface area contributed by atoms with E-state index in [0.29, 0.717) is 6.61 Å². The molecule has 0 aliphatic carbocycles. The van der Waals surface area contributed by atoms with Crippen LogP contribution in [0.25, 0.3) is 22.3 Å². The summed E-state index contributed by atoms with van der Waals surface area (Å²) in [6, 6.07) is 18.3. The fraction of sp³-hybridized carbons (Fsp3) is 0.238. The third-order valence-corrected chi connectivity index (χ3v) is 5.52. The molecule has 6 heteroatoms. The molecule has 0 atom stereocenters. The van der Waals surface area contributed by atoms with E-state index in [2.05, 4.69) is 56.7 Å². The molecule has 0 radical (unpaired) electrons. The fourth-order valence-corrected chi connectivity index (χ4v) is 3.90. The molecule has 0 amide bonds. The van der Waals surface area contributed by atoms with Gasteiger partial charge in [-0.3, -0.25) is 0 Å². The molecule has 0 spiro atoms. The Hall–Kier alpha value is -2.73. The van der Waals surface area contributed by atoms with Crippen LogP contribution >= 0.6 is 11.8 Å². The van der Waals surface area contributed by atoms with Gasteiger partial charge in [-0.2, -0.15) is 0 Å². The molecule has 4 rings (SSSR count). The van der Waals surface area contributed by atoms with Gasteiger partial charge < -0.3 is 13.9 Å². The maximum Gasteiger partial charge on any atom is 0.191 e. The molecule has 27 heavy (non-hydrogen) atoms. The molecular formula is C21H22N4OS. The van der Waals surface area contributed by atoms with Crippen LogP contribution < -0.4 is 4.74 Å². The second-order valence-electron chi connectivity index (χ2n) is 6.22. The van der Waals surface area contributed by atoms with Crippen molar-refractivity contribution in [3.8, 4) is 17.1 Å². The molecule has 5 nitrogen and oxygen atoms in total. The van der Waals surface area contributed by atoms with E-state index in [1.165, 1.54) is 10.9 Å². The minimum Gasteiger partial charge on any atom is -0.493 e. The molecule has 0 saturated heterocycles. The molecule has 0 bridgehead atoms. The average molecular weight is 379 g/mol. The second-order valence-corrected chi connectivity index (χ2v) is 7.28. The van der Waals surface area contributed by atoms with E-state index in [-0.39, 0.29) is 0 Å². The van der Waals surface area contributed by atoms with Gasteiger partial charge in [0, 0.05) is 42.0 Å². The topological polar surface area (TPSA) is 44.9 Å². The Bertz CT molecular complexity index is 1040. The molecule has 2 heterocycles. The van der Waals surface area contributed by atoms with Crippen LogP contribution in [-0.2, 0) is 13.6 Å². The van der Waals surface area contributed by atoms with Crippen LogP contribution in [0.2, 0.25) is 0 Å². The van der Waals surface area contributed by atoms with Gasteiger partial charge in [0.15, 0.2) is 11.0 Å². The first-order chi connectivity index (χ1) is 13.3. The third-order valence-electron chi connectivity index (χ3n) is 4.53. The average Bonchev–Trinajstić information content (AvgIpc) is 3.26. The zero-order chi connectivity index (χ0) is 18.6. The molecule has 0 unspecified atom stereocenters. The normalized spacial score (nSPS) is 11.2. The summed E-state index contributed by atoms with van der Waals surface area (Å²) in [5.41, 5.74) is 2.35. The van der Waals surface area contributed by atoms with Gasteiger partial charge in [0.1, 0.15) is 5.75 Å². The molecule has 138 valence electrons. The number of nitrogens with zero attached hydrogens (tertiary/aromatic N) is 4. The summed E-state index contributed by atoms with van der Waals surface area (Å²) >= 11 is 1.66. The van der Waals surface area contributed by atoms with Crippen molar-refractivity contribution < 1.29 is 4.74 Å². The predicted octanol–water partition coefficient (Wildman–Crippen LogP) is 4.63. The summed E-state index contributed by atoms with van der Waals surface area (Å²) in [5, 5.41) is 11.0. The summed E-state index contributed by atoms with van der Waals surface area (Å²) in [6.07, 6.45) is 2.17. The van der Waals surface area contributed by atoms with Crippen molar-refractivity contribution in [2.24, 2.45) is 7.05 Å². The first-order valence-electron chi connectivity index (χ1n) is 9.06. The fourth-order valence-electron chi connectivity index (χ4n) is 3.17. The van der Waals surface area contributed by atoms with E-state index in [4.69, 9.17) is 4.74 Å². The number of aromatic nitrogens is 4. The van der Waals surface area contributed by atoms with Crippen LogP contribution in [0, 0.1) is 0 Å². The van der Waals surface area contributed by atoms with Crippen molar-refractivity contribution in [1.29, 1.82) is 0 Å². The second kappa shape index (κ2) is 7.88. The summed E-state index contributed by atoms with van der Waals surface area (Å²) in [4.78, 5) is 0. The number of benzene rings is 2. The quantitative estimate of drug-likeness (QED) is 0.347. The SMILES string of the molecule is CCn1cc(-c2nnc(SCCOc3ccccc3)n2C)c2ccccc21. The molecular weight excluding hydrogens is 356 g/mol. The van der Waals surface area contributed by atoms with Crippen molar-refractivity contribution in [3.63, 3.8) is 0 Å². The maximum absolute atomic E-state index is 5.75. The zero-order valence-corrected chi connectivity index (χ0v) is 16.3. The van der Waals surface area contributed by atoms with E-state index in [9.17, 15) is 0 Å². The largest absolute Gasteiger partial charge is 0.493 e. The highest BCUT2D eigenvalue weighted by Crippen LogP contribution is 2.31. The van der Waals surface area contributed by atoms with Crippen molar-refractivity contribution in [2.75, 3.05) is 12.4 Å². The van der Waals surface area contributed by atoms with Gasteiger partial charge in [0.05, 0.1) is 6.61 Å². The molecule has 2 aromatic heterocycles. The molecule has 4 aromatic rings. The number of fused-ring (bicyclic) bond motifs is 1. The van der Waals surface area contributed by atoms with Crippen molar-refractivity contribution in [2.45, 2.75) is 18.6 Å². The first kappa shape index (κ1) is 17.7. The lowest BCUT2D eigenvalue weighted by atomic mass is 10.1. The van der Waals surface area contributed by atoms with Crippen LogP contribution in [0.15, 0.2) is 66.0 Å². The third kappa shape index (κ3) is 3.57. The smallest absolute Gasteiger partial charge is 0.191 e. The van der Waals surface area contributed by atoms with Gasteiger partial charge in [0.25, 0.3) is 0 Å². The Morgan fingerprint density at radius 1 is 1.00 bits per heavy atom. The first-order valence-corrected chi connectivity index (χ1v) is 10.0. The lowest BCUT2D eigenvalue weighted by molar-refractivity contribution is 0.344. The molecule has 0 aliphatic heterocycles. The zero-order valence-electron chi connectivity index (χ0n) is 15.5. The number of hydrogen-bond acceptors (Lipinski definition) is 4. The minimum absolute atomic E-state index is 0.631. The Labute approximate surface area is 163 Å². The van der Waals surface area contributed by atoms with Crippen molar-refractivity contribution in [3.05, 3.63) is 60.8 Å². The van der Waals surface area contributed by atoms with Gasteiger partial charge in [0.2, 0.25) is 0 Å². The van der Waals surface area contributed by atoms with E-state index in [1.807, 2.05) is 37.4 Å². The van der Waals surface area contributed by atoms with Crippen LogP contribution in [0.4, 0.5) is 0 Å². The molecule has 0 aliphatic rings. The highest BCUT2D eigenvalue weighted by Gasteiger charge is 2.16. The predicted molar refractivity (Wildman–Crippen MR) is 110 cm³/mol. The standard InChI is InChI=1S/C21H22N4OS/c1-3-25-15-18(17-11-7-8-12-19(17)25)20-22-23-21(24(20)2)27-14-13-26-16-9-5-4-6-10-16/h4-12,15H,3,13-14H2,1-2H3. The van der Waals surface area contributed by atoms with Crippen LogP contribution in [0.5, 0.6) is 5.75 Å². The maximum atomic E-state index is 5.75. The Morgan fingerprint density at radius 3 is 2.59 bits per heavy atom. The van der Waals surface area contributed by atoms with Gasteiger partial charge in [-0.15, -0.1) is 10.2 Å². The lowest BCUT2D eigenvalue weighted by Crippen LogP contribution is -2.01. The van der Waals surface area contributed by atoms with Crippen molar-refractivity contribution >= 4 is 22.7 Å². The lowest BCUT2D eigenvalue weighted by Gasteiger charge is -2.06. The molecule has 0 N–H and O–H groups in total. The van der Waals surface area contributed by atoms with Crippen molar-refractivity contribution in [1.82, 2.24) is 19.3 Å². The highest BCUT2D eigenvalue weighted by atomic mass is 32.2. The summed E-state index contributed by atoms with van der Waals surface area (Å²) in [6.45, 7) is 3.71. The number of hydrogen-bond donors (Lipinski definition) is 0. The Kier molecular flexibility index (Phi) is 5.16. The number of para-hydroxylation sites is 2. The number of rotatable bonds is 7. The molecule has 2 aromatic carbocycles. The summed E-state index contributed by atoms with van der Waals surface area (Å²) in [5.74, 6) is 2.60. The van der Waals surface area contributed by atoms with Gasteiger partial charge >= 0.3 is 0 Å². The summed E-state index contributed by atoms with van der Waals surface area (Å²) < 4.78 is 10.1. The van der Waals surface area contributed by atoms with Crippen LogP contribution in [-0.4, -0.2) is 31.7 Å². The van der Waals surface area contributed by atoms with Crippen LogP contribution in [0.3, 0.4) is 0 Å². The molecule has 0 saturated carbocycles. The Balaban J connectivity index is 1.49.